The van der Waals surface area contributed by atoms with Crippen LogP contribution in [0.3, 0.4) is 0 Å². The molecule has 1 N–H and O–H groups in total. The maximum absolute atomic E-state index is 12.8. The highest BCUT2D eigenvalue weighted by Gasteiger charge is 2.33. The highest BCUT2D eigenvalue weighted by Crippen LogP contribution is 2.34. The molecule has 2 unspecified atom stereocenters. The van der Waals surface area contributed by atoms with E-state index in [1.807, 2.05) is 87.5 Å². The van der Waals surface area contributed by atoms with Crippen molar-refractivity contribution < 1.29 is 28.8 Å². The first kappa shape index (κ1) is 39.3. The first-order valence-corrected chi connectivity index (χ1v) is 19.2. The van der Waals surface area contributed by atoms with Crippen LogP contribution >= 0.6 is 0 Å². The Balaban J connectivity index is 1.38. The molecule has 12 nitrogen and oxygen atoms in total. The number of anilines is 1. The summed E-state index contributed by atoms with van der Waals surface area (Å²) in [4.78, 5) is 26.6. The van der Waals surface area contributed by atoms with E-state index in [2.05, 4.69) is 24.0 Å². The second-order valence-corrected chi connectivity index (χ2v) is 15.2. The number of likely N-dealkylation sites (tertiary alicyclic amines) is 1. The number of amides is 1. The topological polar surface area (TPSA) is 124 Å². The monoisotopic (exact) mass is 750 g/mol. The molecule has 0 saturated carbocycles. The van der Waals surface area contributed by atoms with Crippen molar-refractivity contribution in [3.8, 4) is 17.5 Å². The van der Waals surface area contributed by atoms with Gasteiger partial charge in [-0.15, -0.1) is 5.10 Å². The third kappa shape index (κ3) is 10.2. The Morgan fingerprint density at radius 3 is 2.04 bits per heavy atom. The number of hydrogen-bond donors (Lipinski definition) is 1. The average Bonchev–Trinajstić information content (AvgIpc) is 3.61. The lowest BCUT2D eigenvalue weighted by Crippen LogP contribution is -2.42. The Labute approximate surface area is 324 Å². The van der Waals surface area contributed by atoms with Crippen molar-refractivity contribution in [1.82, 2.24) is 24.5 Å². The first-order valence-electron chi connectivity index (χ1n) is 19.2. The minimum absolute atomic E-state index is 0.123. The molecule has 3 aromatic carbocycles. The van der Waals surface area contributed by atoms with Crippen LogP contribution in [0.25, 0.3) is 5.65 Å². The van der Waals surface area contributed by atoms with E-state index in [1.54, 1.807) is 29.8 Å². The number of rotatable bonds is 15. The molecule has 2 aromatic heterocycles. The number of fused-ring (bicyclic) bond motifs is 1. The minimum Gasteiger partial charge on any atom is -0.497 e. The zero-order valence-electron chi connectivity index (χ0n) is 32.9. The number of methoxy groups -OCH3 is 2. The van der Waals surface area contributed by atoms with Crippen LogP contribution in [0.2, 0.25) is 0 Å². The van der Waals surface area contributed by atoms with Crippen LogP contribution < -0.4 is 19.1 Å². The Bertz CT molecular complexity index is 1920. The number of carbonyl (C=O) groups excluding carboxylic acids is 1. The SMILES string of the molecule is CCCC(Cc1ccccc1)Oc1nc(N(Cc2ccc(OC)cc2)Cc2ccc(OC)cc2)c2ncc(C(O)C3CCN(C(=O)OC(C)(C)C)CC3)n2n1. The Kier molecular flexibility index (Phi) is 12.8. The van der Waals surface area contributed by atoms with Gasteiger partial charge in [0, 0.05) is 32.6 Å². The van der Waals surface area contributed by atoms with E-state index in [9.17, 15) is 9.90 Å². The van der Waals surface area contributed by atoms with Gasteiger partial charge in [-0.1, -0.05) is 67.9 Å². The molecule has 0 aliphatic carbocycles. The summed E-state index contributed by atoms with van der Waals surface area (Å²) in [6, 6.07) is 26.4. The smallest absolute Gasteiger partial charge is 0.410 e. The summed E-state index contributed by atoms with van der Waals surface area (Å²) in [6.07, 6.45) is 3.92. The maximum Gasteiger partial charge on any atom is 0.410 e. The van der Waals surface area contributed by atoms with E-state index in [-0.39, 0.29) is 24.1 Å². The van der Waals surface area contributed by atoms with Gasteiger partial charge in [0.25, 0.3) is 0 Å². The fourth-order valence-electron chi connectivity index (χ4n) is 6.95. The van der Waals surface area contributed by atoms with Crippen molar-refractivity contribution in [2.75, 3.05) is 32.2 Å². The van der Waals surface area contributed by atoms with Gasteiger partial charge in [-0.3, -0.25) is 0 Å². The van der Waals surface area contributed by atoms with Gasteiger partial charge in [0.05, 0.1) is 26.1 Å². The maximum atomic E-state index is 12.8. The van der Waals surface area contributed by atoms with Crippen LogP contribution in [0, 0.1) is 5.92 Å². The fraction of sp³-hybridized carbons (Fsp3) is 0.442. The zero-order chi connectivity index (χ0) is 39.0. The molecule has 1 saturated heterocycles. The zero-order valence-corrected chi connectivity index (χ0v) is 32.9. The number of hydrogen-bond acceptors (Lipinski definition) is 10. The summed E-state index contributed by atoms with van der Waals surface area (Å²) in [5, 5.41) is 16.9. The predicted molar refractivity (Wildman–Crippen MR) is 212 cm³/mol. The molecular formula is C43H54N6O6. The highest BCUT2D eigenvalue weighted by molar-refractivity contribution is 5.68. The summed E-state index contributed by atoms with van der Waals surface area (Å²) in [6.45, 7) is 9.69. The van der Waals surface area contributed by atoms with Gasteiger partial charge in [0.1, 0.15) is 29.3 Å². The van der Waals surface area contributed by atoms with Crippen LogP contribution in [0.5, 0.6) is 17.5 Å². The van der Waals surface area contributed by atoms with Crippen molar-refractivity contribution in [3.63, 3.8) is 0 Å². The van der Waals surface area contributed by atoms with E-state index < -0.39 is 11.7 Å². The number of benzene rings is 3. The van der Waals surface area contributed by atoms with Crippen molar-refractivity contribution in [2.24, 2.45) is 5.92 Å². The molecule has 12 heteroatoms. The second kappa shape index (κ2) is 17.9. The minimum atomic E-state index is -0.890. The van der Waals surface area contributed by atoms with Crippen LogP contribution in [0.4, 0.5) is 10.6 Å². The number of aliphatic hydroxyl groups is 1. The molecule has 1 amide bonds. The number of aliphatic hydroxyl groups excluding tert-OH is 1. The molecule has 55 heavy (non-hydrogen) atoms. The van der Waals surface area contributed by atoms with Crippen LogP contribution in [0.1, 0.15) is 81.9 Å². The molecule has 0 radical (unpaired) electrons. The standard InChI is InChI=1S/C43H54N6O6/c1-7-11-36(26-30-12-9-8-10-13-30)54-41-45-40(48(28-31-14-18-34(52-5)19-15-31)29-32-16-20-35(53-6)21-17-32)39-44-27-37(49(39)46-41)38(50)33-22-24-47(25-23-33)42(51)55-43(2,3)4/h8-10,12-21,27,33,36,38,50H,7,11,22-26,28-29H2,1-6H3. The number of nitrogens with zero attached hydrogens (tertiary/aromatic N) is 6. The first-order chi connectivity index (χ1) is 26.5. The molecule has 1 fully saturated rings. The third-order valence-corrected chi connectivity index (χ3v) is 9.85. The molecule has 1 aliphatic heterocycles. The van der Waals surface area contributed by atoms with Gasteiger partial charge < -0.3 is 33.9 Å². The fourth-order valence-corrected chi connectivity index (χ4v) is 6.95. The van der Waals surface area contributed by atoms with Crippen LogP contribution in [-0.4, -0.2) is 74.7 Å². The van der Waals surface area contributed by atoms with E-state index in [1.165, 1.54) is 5.56 Å². The molecule has 6 rings (SSSR count). The molecule has 0 spiro atoms. The second-order valence-electron chi connectivity index (χ2n) is 15.2. The van der Waals surface area contributed by atoms with Crippen molar-refractivity contribution >= 4 is 17.6 Å². The van der Waals surface area contributed by atoms with Crippen LogP contribution in [-0.2, 0) is 24.2 Å². The number of aromatic nitrogens is 4. The lowest BCUT2D eigenvalue weighted by atomic mass is 9.90. The quantitative estimate of drug-likeness (QED) is 0.113. The third-order valence-electron chi connectivity index (χ3n) is 9.85. The van der Waals surface area contributed by atoms with E-state index in [0.717, 1.165) is 35.5 Å². The summed E-state index contributed by atoms with van der Waals surface area (Å²) in [7, 11) is 3.31. The number of piperidine rings is 1. The molecular weight excluding hydrogens is 697 g/mol. The summed E-state index contributed by atoms with van der Waals surface area (Å²) < 4.78 is 24.9. The van der Waals surface area contributed by atoms with Gasteiger partial charge in [0.2, 0.25) is 0 Å². The Morgan fingerprint density at radius 2 is 1.49 bits per heavy atom. The molecule has 1 aliphatic rings. The Morgan fingerprint density at radius 1 is 0.891 bits per heavy atom. The van der Waals surface area contributed by atoms with E-state index >= 15 is 0 Å². The lowest BCUT2D eigenvalue weighted by molar-refractivity contribution is 0.00686. The average molecular weight is 751 g/mol. The van der Waals surface area contributed by atoms with Crippen LogP contribution in [0.15, 0.2) is 85.1 Å². The van der Waals surface area contributed by atoms with Gasteiger partial charge in [-0.25, -0.2) is 14.3 Å². The van der Waals surface area contributed by atoms with Gasteiger partial charge in [-0.05, 0) is 86.9 Å². The lowest BCUT2D eigenvalue weighted by Gasteiger charge is -2.35. The molecule has 292 valence electrons. The van der Waals surface area contributed by atoms with Gasteiger partial charge in [0.15, 0.2) is 11.5 Å². The number of ether oxygens (including phenoxy) is 4. The molecule has 3 heterocycles. The summed E-state index contributed by atoms with van der Waals surface area (Å²) in [5.41, 5.74) is 3.73. The summed E-state index contributed by atoms with van der Waals surface area (Å²) >= 11 is 0. The molecule has 5 aromatic rings. The molecule has 0 bridgehead atoms. The normalized spacial score (nSPS) is 14.7. The number of imidazole rings is 1. The summed E-state index contributed by atoms with van der Waals surface area (Å²) in [5.74, 6) is 2.00. The van der Waals surface area contributed by atoms with Crippen molar-refractivity contribution in [1.29, 1.82) is 0 Å². The van der Waals surface area contributed by atoms with E-state index in [0.29, 0.717) is 62.6 Å². The Hall–Kier alpha value is -5.36. The predicted octanol–water partition coefficient (Wildman–Crippen LogP) is 7.82. The van der Waals surface area contributed by atoms with E-state index in [4.69, 9.17) is 34.0 Å². The van der Waals surface area contributed by atoms with Gasteiger partial charge in [-0.2, -0.15) is 4.98 Å². The van der Waals surface area contributed by atoms with Crippen molar-refractivity contribution in [3.05, 3.63) is 107 Å². The van der Waals surface area contributed by atoms with Gasteiger partial charge >= 0.3 is 12.1 Å². The number of carbonyl (C=O) groups is 1. The largest absolute Gasteiger partial charge is 0.497 e. The van der Waals surface area contributed by atoms with Crippen molar-refractivity contribution in [2.45, 2.75) is 90.7 Å². The molecule has 2 atom stereocenters. The highest BCUT2D eigenvalue weighted by atomic mass is 16.6.